The number of aromatic hydroxyl groups is 1. The van der Waals surface area contributed by atoms with E-state index in [1.807, 2.05) is 56.9 Å². The summed E-state index contributed by atoms with van der Waals surface area (Å²) in [4.78, 5) is 46.1. The maximum Gasteiger partial charge on any atom is 0.410 e. The van der Waals surface area contributed by atoms with Gasteiger partial charge in [-0.1, -0.05) is 0 Å². The third-order valence-corrected chi connectivity index (χ3v) is 8.48. The van der Waals surface area contributed by atoms with Crippen LogP contribution in [0.2, 0.25) is 0 Å². The molecule has 1 saturated carbocycles. The van der Waals surface area contributed by atoms with Crippen LogP contribution >= 0.6 is 0 Å². The van der Waals surface area contributed by atoms with Gasteiger partial charge in [-0.25, -0.2) is 4.79 Å². The van der Waals surface area contributed by atoms with E-state index in [-0.39, 0.29) is 49.5 Å². The number of piperidine rings is 1. The smallest absolute Gasteiger partial charge is 0.410 e. The van der Waals surface area contributed by atoms with Gasteiger partial charge in [0.05, 0.1) is 11.6 Å². The number of hydrogen-bond donors (Lipinski definition) is 1. The number of phenolic OH excluding ortho intramolecular Hbond substituents is 1. The minimum atomic E-state index is -0.691. The van der Waals surface area contributed by atoms with Crippen molar-refractivity contribution < 1.29 is 43.2 Å². The largest absolute Gasteiger partial charge is 0.508 e. The topological polar surface area (TPSA) is 127 Å². The minimum Gasteiger partial charge on any atom is -0.508 e. The highest BCUT2D eigenvalue weighted by molar-refractivity contribution is 6.01. The SMILES string of the molecule is CCOCOc1cc(O)cc([C@H]2CCN(C(=O)OC(C)(C)C)C[C@@H]2C(=O)N(c2ccc3c(c2)N(CCCOC)C(=O)CO3)C2CC2)c1. The van der Waals surface area contributed by atoms with E-state index in [2.05, 4.69) is 0 Å². The highest BCUT2D eigenvalue weighted by Gasteiger charge is 2.44. The van der Waals surface area contributed by atoms with Crippen molar-refractivity contribution in [1.82, 2.24) is 4.90 Å². The molecular formula is C35H47N3O9. The summed E-state index contributed by atoms with van der Waals surface area (Å²) in [5, 5.41) is 10.6. The van der Waals surface area contributed by atoms with Crippen LogP contribution in [-0.4, -0.2) is 92.9 Å². The molecule has 0 bridgehead atoms. The van der Waals surface area contributed by atoms with Gasteiger partial charge in [-0.15, -0.1) is 0 Å². The fraction of sp³-hybridized carbons (Fsp3) is 0.571. The van der Waals surface area contributed by atoms with Crippen LogP contribution in [-0.2, 0) is 23.8 Å². The molecule has 5 rings (SSSR count). The second kappa shape index (κ2) is 14.8. The second-order valence-electron chi connectivity index (χ2n) is 13.2. The van der Waals surface area contributed by atoms with Crippen molar-refractivity contribution in [2.75, 3.05) is 63.2 Å². The molecule has 1 aliphatic carbocycles. The first kappa shape index (κ1) is 34.3. The predicted molar refractivity (Wildman–Crippen MR) is 175 cm³/mol. The molecule has 2 aromatic rings. The van der Waals surface area contributed by atoms with E-state index < -0.39 is 17.6 Å². The van der Waals surface area contributed by atoms with E-state index in [1.165, 1.54) is 6.07 Å². The van der Waals surface area contributed by atoms with Crippen LogP contribution in [0.5, 0.6) is 17.2 Å². The van der Waals surface area contributed by atoms with Crippen LogP contribution in [0.15, 0.2) is 36.4 Å². The zero-order valence-corrected chi connectivity index (χ0v) is 28.0. The molecule has 0 radical (unpaired) electrons. The van der Waals surface area contributed by atoms with Crippen molar-refractivity contribution in [3.8, 4) is 17.2 Å². The number of anilines is 2. The summed E-state index contributed by atoms with van der Waals surface area (Å²) in [6.07, 6.45) is 2.33. The molecule has 2 aromatic carbocycles. The maximum absolute atomic E-state index is 14.8. The standard InChI is InChI=1S/C35H47N3O9/c1-6-44-22-46-27-17-23(16-26(39)19-27)28-12-14-36(34(42)47-35(2,3)4)20-29(28)33(41)38(24-8-9-24)25-10-11-31-30(18-25)37(13-7-15-43-5)32(40)21-45-31/h10-11,16-19,24,28-29,39H,6-9,12-15,20-22H2,1-5H3/t28-,29+/m1/s1. The number of benzene rings is 2. The molecule has 12 heteroatoms. The number of hydrogen-bond acceptors (Lipinski definition) is 9. The van der Waals surface area contributed by atoms with E-state index in [0.717, 1.165) is 18.4 Å². The van der Waals surface area contributed by atoms with Crippen molar-refractivity contribution in [1.29, 1.82) is 0 Å². The molecule has 2 fully saturated rings. The van der Waals surface area contributed by atoms with Gasteiger partial charge in [-0.05, 0) is 95.2 Å². The van der Waals surface area contributed by atoms with Crippen molar-refractivity contribution in [3.63, 3.8) is 0 Å². The number of ether oxygens (including phenoxy) is 5. The summed E-state index contributed by atoms with van der Waals surface area (Å²) in [5.74, 6) is -0.230. The van der Waals surface area contributed by atoms with Crippen molar-refractivity contribution in [2.24, 2.45) is 5.92 Å². The average molecular weight is 654 g/mol. The molecular weight excluding hydrogens is 606 g/mol. The van der Waals surface area contributed by atoms with Crippen LogP contribution in [0.3, 0.4) is 0 Å². The normalized spacial score (nSPS) is 19.6. The Morgan fingerprint density at radius 3 is 2.60 bits per heavy atom. The molecule has 0 aromatic heterocycles. The number of amides is 3. The molecule has 2 heterocycles. The highest BCUT2D eigenvalue weighted by atomic mass is 16.7. The van der Waals surface area contributed by atoms with Gasteiger partial charge in [-0.2, -0.15) is 0 Å². The van der Waals surface area contributed by atoms with Crippen molar-refractivity contribution in [3.05, 3.63) is 42.0 Å². The number of rotatable bonds is 12. The molecule has 12 nitrogen and oxygen atoms in total. The summed E-state index contributed by atoms with van der Waals surface area (Å²) in [6, 6.07) is 10.5. The Bertz CT molecular complexity index is 1440. The van der Waals surface area contributed by atoms with Crippen molar-refractivity contribution >= 4 is 29.3 Å². The average Bonchev–Trinajstić information content (AvgIpc) is 3.86. The Balaban J connectivity index is 1.49. The molecule has 2 atom stereocenters. The van der Waals surface area contributed by atoms with E-state index in [0.29, 0.717) is 62.0 Å². The number of phenols is 1. The Hall–Kier alpha value is -4.03. The van der Waals surface area contributed by atoms with Gasteiger partial charge in [0.25, 0.3) is 5.91 Å². The number of methoxy groups -OCH3 is 1. The lowest BCUT2D eigenvalue weighted by atomic mass is 9.79. The Kier molecular flexibility index (Phi) is 10.8. The Morgan fingerprint density at radius 1 is 1.11 bits per heavy atom. The predicted octanol–water partition coefficient (Wildman–Crippen LogP) is 5.06. The fourth-order valence-corrected chi connectivity index (χ4v) is 6.17. The molecule has 2 aliphatic heterocycles. The number of carbonyl (C=O) groups excluding carboxylic acids is 3. The summed E-state index contributed by atoms with van der Waals surface area (Å²) < 4.78 is 27.7. The fourth-order valence-electron chi connectivity index (χ4n) is 6.17. The summed E-state index contributed by atoms with van der Waals surface area (Å²) in [5.41, 5.74) is 1.33. The lowest BCUT2D eigenvalue weighted by molar-refractivity contribution is -0.124. The highest BCUT2D eigenvalue weighted by Crippen LogP contribution is 2.43. The zero-order valence-electron chi connectivity index (χ0n) is 28.0. The molecule has 0 unspecified atom stereocenters. The first-order valence-electron chi connectivity index (χ1n) is 16.4. The summed E-state index contributed by atoms with van der Waals surface area (Å²) >= 11 is 0. The van der Waals surface area contributed by atoms with Gasteiger partial charge in [0.15, 0.2) is 13.4 Å². The third kappa shape index (κ3) is 8.47. The number of likely N-dealkylation sites (tertiary alicyclic amines) is 1. The minimum absolute atomic E-state index is 0.0155. The molecule has 3 amide bonds. The number of fused-ring (bicyclic) bond motifs is 1. The molecule has 0 spiro atoms. The number of carbonyl (C=O) groups is 3. The molecule has 1 N–H and O–H groups in total. The van der Waals surface area contributed by atoms with E-state index >= 15 is 0 Å². The summed E-state index contributed by atoms with van der Waals surface area (Å²) in [7, 11) is 1.63. The van der Waals surface area contributed by atoms with Gasteiger partial charge in [0, 0.05) is 57.8 Å². The van der Waals surface area contributed by atoms with Gasteiger partial charge < -0.3 is 43.5 Å². The number of nitrogens with zero attached hydrogens (tertiary/aromatic N) is 3. The lowest BCUT2D eigenvalue weighted by Gasteiger charge is -2.41. The van der Waals surface area contributed by atoms with Crippen LogP contribution in [0, 0.1) is 5.92 Å². The molecule has 3 aliphatic rings. The second-order valence-corrected chi connectivity index (χ2v) is 13.2. The lowest BCUT2D eigenvalue weighted by Crippen LogP contribution is -2.51. The van der Waals surface area contributed by atoms with Gasteiger partial charge in [0.2, 0.25) is 5.91 Å². The summed E-state index contributed by atoms with van der Waals surface area (Å²) in [6.45, 7) is 9.27. The van der Waals surface area contributed by atoms with Crippen LogP contribution in [0.4, 0.5) is 16.2 Å². The van der Waals surface area contributed by atoms with Crippen LogP contribution < -0.4 is 19.3 Å². The zero-order chi connectivity index (χ0) is 33.7. The van der Waals surface area contributed by atoms with Crippen molar-refractivity contribution in [2.45, 2.75) is 70.9 Å². The van der Waals surface area contributed by atoms with E-state index in [9.17, 15) is 19.5 Å². The first-order valence-corrected chi connectivity index (χ1v) is 16.4. The Morgan fingerprint density at radius 2 is 1.89 bits per heavy atom. The monoisotopic (exact) mass is 653 g/mol. The Labute approximate surface area is 276 Å². The molecule has 47 heavy (non-hydrogen) atoms. The van der Waals surface area contributed by atoms with Gasteiger partial charge in [0.1, 0.15) is 22.8 Å². The van der Waals surface area contributed by atoms with Gasteiger partial charge >= 0.3 is 6.09 Å². The molecule has 256 valence electrons. The van der Waals surface area contributed by atoms with Crippen LogP contribution in [0.25, 0.3) is 0 Å². The first-order chi connectivity index (χ1) is 22.5. The van der Waals surface area contributed by atoms with Gasteiger partial charge in [-0.3, -0.25) is 9.59 Å². The van der Waals surface area contributed by atoms with E-state index in [1.54, 1.807) is 23.0 Å². The maximum atomic E-state index is 14.8. The quantitative estimate of drug-likeness (QED) is 0.247. The van der Waals surface area contributed by atoms with Crippen LogP contribution in [0.1, 0.15) is 64.9 Å². The van der Waals surface area contributed by atoms with E-state index in [4.69, 9.17) is 23.7 Å². The molecule has 1 saturated heterocycles. The third-order valence-electron chi connectivity index (χ3n) is 8.48.